The molecule has 1 aliphatic carbocycles. The lowest BCUT2D eigenvalue weighted by atomic mass is 9.83. The van der Waals surface area contributed by atoms with Crippen molar-refractivity contribution in [1.29, 1.82) is 0 Å². The van der Waals surface area contributed by atoms with Crippen LogP contribution in [0.3, 0.4) is 0 Å². The Hall–Kier alpha value is -1.14. The van der Waals surface area contributed by atoms with Gasteiger partial charge in [-0.1, -0.05) is 19.3 Å². The zero-order chi connectivity index (χ0) is 13.2. The van der Waals surface area contributed by atoms with Crippen molar-refractivity contribution in [3.05, 3.63) is 24.0 Å². The molecule has 6 heteroatoms. The number of sulfonamides is 1. The predicted octanol–water partition coefficient (Wildman–Crippen LogP) is 1.88. The minimum absolute atomic E-state index is 0.232. The van der Waals surface area contributed by atoms with E-state index in [-0.39, 0.29) is 10.6 Å². The molecule has 1 aromatic carbocycles. The van der Waals surface area contributed by atoms with E-state index in [0.29, 0.717) is 12.5 Å². The average molecular weight is 272 g/mol. The third-order valence-electron chi connectivity index (χ3n) is 3.31. The molecule has 2 rings (SSSR count). The van der Waals surface area contributed by atoms with Crippen LogP contribution >= 0.6 is 0 Å². The van der Waals surface area contributed by atoms with Gasteiger partial charge in [-0.3, -0.25) is 0 Å². The molecule has 0 spiro atoms. The van der Waals surface area contributed by atoms with Gasteiger partial charge in [0.2, 0.25) is 10.0 Å². The highest BCUT2D eigenvalue weighted by molar-refractivity contribution is 7.89. The lowest BCUT2D eigenvalue weighted by Crippen LogP contribution is -2.28. The topological polar surface area (TPSA) is 72.2 Å². The number of nitrogens with two attached hydrogens (primary N) is 1. The Morgan fingerprint density at radius 1 is 1.39 bits per heavy atom. The van der Waals surface area contributed by atoms with Crippen LogP contribution in [0.2, 0.25) is 0 Å². The van der Waals surface area contributed by atoms with Gasteiger partial charge in [-0.15, -0.1) is 0 Å². The number of rotatable bonds is 5. The Morgan fingerprint density at radius 2 is 2.11 bits per heavy atom. The minimum Gasteiger partial charge on any atom is -0.399 e. The second-order valence-electron chi connectivity index (χ2n) is 4.67. The fourth-order valence-corrected chi connectivity index (χ4v) is 3.14. The molecule has 0 aromatic heterocycles. The number of nitrogens with one attached hydrogen (secondary N) is 1. The summed E-state index contributed by atoms with van der Waals surface area (Å²) < 4.78 is 39.6. The molecule has 1 saturated carbocycles. The molecular weight excluding hydrogens is 255 g/mol. The normalized spacial score (nSPS) is 16.5. The summed E-state index contributed by atoms with van der Waals surface area (Å²) in [5.74, 6) is -0.168. The lowest BCUT2D eigenvalue weighted by Gasteiger charge is -2.25. The van der Waals surface area contributed by atoms with Crippen molar-refractivity contribution in [3.8, 4) is 0 Å². The maximum Gasteiger partial charge on any atom is 0.243 e. The summed E-state index contributed by atoms with van der Waals surface area (Å²) in [5.41, 5.74) is 5.71. The van der Waals surface area contributed by atoms with Gasteiger partial charge in [-0.25, -0.2) is 17.5 Å². The molecule has 0 heterocycles. The van der Waals surface area contributed by atoms with Crippen molar-refractivity contribution in [1.82, 2.24) is 4.72 Å². The first-order valence-corrected chi connectivity index (χ1v) is 7.52. The Morgan fingerprint density at radius 3 is 2.72 bits per heavy atom. The summed E-state index contributed by atoms with van der Waals surface area (Å²) in [6, 6.07) is 3.54. The molecule has 4 nitrogen and oxygen atoms in total. The lowest BCUT2D eigenvalue weighted by molar-refractivity contribution is 0.297. The number of halogens is 1. The van der Waals surface area contributed by atoms with E-state index in [2.05, 4.69) is 4.72 Å². The van der Waals surface area contributed by atoms with Gasteiger partial charge in [0.1, 0.15) is 10.7 Å². The van der Waals surface area contributed by atoms with Crippen molar-refractivity contribution < 1.29 is 12.8 Å². The number of nitrogen functional groups attached to an aromatic ring is 1. The van der Waals surface area contributed by atoms with Crippen molar-refractivity contribution in [2.24, 2.45) is 5.92 Å². The van der Waals surface area contributed by atoms with Gasteiger partial charge < -0.3 is 5.73 Å². The molecule has 0 amide bonds. The first-order valence-electron chi connectivity index (χ1n) is 6.04. The van der Waals surface area contributed by atoms with Crippen LogP contribution in [0.5, 0.6) is 0 Å². The summed E-state index contributed by atoms with van der Waals surface area (Å²) in [4.78, 5) is -0.379. The van der Waals surface area contributed by atoms with Crippen LogP contribution in [0.15, 0.2) is 23.1 Å². The summed E-state index contributed by atoms with van der Waals surface area (Å²) in [6.45, 7) is 0.348. The molecule has 18 heavy (non-hydrogen) atoms. The summed E-state index contributed by atoms with van der Waals surface area (Å²) in [5, 5.41) is 0. The van der Waals surface area contributed by atoms with E-state index >= 15 is 0 Å². The van der Waals surface area contributed by atoms with E-state index in [9.17, 15) is 12.8 Å². The molecule has 0 saturated heterocycles. The quantitative estimate of drug-likeness (QED) is 0.804. The highest BCUT2D eigenvalue weighted by Crippen LogP contribution is 2.29. The van der Waals surface area contributed by atoms with Crippen LogP contribution in [-0.2, 0) is 10.0 Å². The summed E-state index contributed by atoms with van der Waals surface area (Å²) in [6.07, 6.45) is 4.35. The van der Waals surface area contributed by atoms with E-state index in [1.165, 1.54) is 12.5 Å². The first kappa shape index (κ1) is 13.3. The van der Waals surface area contributed by atoms with E-state index in [1.807, 2.05) is 0 Å². The first-order chi connectivity index (χ1) is 8.49. The molecular formula is C12H17FN2O2S. The standard InChI is InChI=1S/C12H17FN2O2S/c13-11-5-4-10(14)8-12(11)18(16,17)15-7-6-9-2-1-3-9/h4-5,8-9,15H,1-3,6-7,14H2. The van der Waals surface area contributed by atoms with Gasteiger partial charge in [-0.05, 0) is 30.5 Å². The smallest absolute Gasteiger partial charge is 0.243 e. The number of hydrogen-bond acceptors (Lipinski definition) is 3. The van der Waals surface area contributed by atoms with E-state index in [0.717, 1.165) is 31.4 Å². The summed E-state index contributed by atoms with van der Waals surface area (Å²) in [7, 11) is -3.80. The van der Waals surface area contributed by atoms with Gasteiger partial charge in [0.05, 0.1) is 0 Å². The van der Waals surface area contributed by atoms with Crippen molar-refractivity contribution in [2.75, 3.05) is 12.3 Å². The largest absolute Gasteiger partial charge is 0.399 e. The number of hydrogen-bond donors (Lipinski definition) is 2. The Bertz CT molecular complexity index is 527. The molecule has 0 unspecified atom stereocenters. The molecule has 0 atom stereocenters. The summed E-state index contributed by atoms with van der Waals surface area (Å²) >= 11 is 0. The van der Waals surface area contributed by atoms with Crippen LogP contribution in [0.25, 0.3) is 0 Å². The second kappa shape index (κ2) is 5.24. The van der Waals surface area contributed by atoms with Gasteiger partial charge in [-0.2, -0.15) is 0 Å². The van der Waals surface area contributed by atoms with Gasteiger partial charge in [0.15, 0.2) is 0 Å². The molecule has 1 fully saturated rings. The highest BCUT2D eigenvalue weighted by Gasteiger charge is 2.21. The van der Waals surface area contributed by atoms with Crippen molar-refractivity contribution >= 4 is 15.7 Å². The fraction of sp³-hybridized carbons (Fsp3) is 0.500. The zero-order valence-corrected chi connectivity index (χ0v) is 10.8. The highest BCUT2D eigenvalue weighted by atomic mass is 32.2. The molecule has 3 N–H and O–H groups in total. The van der Waals surface area contributed by atoms with Gasteiger partial charge in [0.25, 0.3) is 0 Å². The van der Waals surface area contributed by atoms with Crippen LogP contribution < -0.4 is 10.5 Å². The van der Waals surface area contributed by atoms with Crippen LogP contribution in [0.4, 0.5) is 10.1 Å². The Labute approximate surface area is 106 Å². The zero-order valence-electron chi connectivity index (χ0n) is 10.0. The molecule has 100 valence electrons. The van der Waals surface area contributed by atoms with Crippen molar-refractivity contribution in [3.63, 3.8) is 0 Å². The van der Waals surface area contributed by atoms with Crippen LogP contribution in [0.1, 0.15) is 25.7 Å². The van der Waals surface area contributed by atoms with E-state index in [1.54, 1.807) is 0 Å². The Balaban J connectivity index is 2.02. The molecule has 1 aromatic rings. The van der Waals surface area contributed by atoms with Gasteiger partial charge in [0, 0.05) is 12.2 Å². The maximum absolute atomic E-state index is 13.5. The minimum atomic E-state index is -3.80. The van der Waals surface area contributed by atoms with E-state index < -0.39 is 15.8 Å². The number of benzene rings is 1. The molecule has 1 aliphatic rings. The predicted molar refractivity (Wildman–Crippen MR) is 68.0 cm³/mol. The third kappa shape index (κ3) is 3.00. The molecule has 0 aliphatic heterocycles. The van der Waals surface area contributed by atoms with Crippen LogP contribution in [0, 0.1) is 11.7 Å². The fourth-order valence-electron chi connectivity index (χ4n) is 1.98. The molecule has 0 bridgehead atoms. The average Bonchev–Trinajstić information content (AvgIpc) is 2.25. The number of anilines is 1. The molecule has 0 radical (unpaired) electrons. The SMILES string of the molecule is Nc1ccc(F)c(S(=O)(=O)NCCC2CCC2)c1. The van der Waals surface area contributed by atoms with Crippen molar-refractivity contribution in [2.45, 2.75) is 30.6 Å². The van der Waals surface area contributed by atoms with Gasteiger partial charge >= 0.3 is 0 Å². The second-order valence-corrected chi connectivity index (χ2v) is 6.41. The third-order valence-corrected chi connectivity index (χ3v) is 4.79. The van der Waals surface area contributed by atoms with E-state index in [4.69, 9.17) is 5.73 Å². The Kier molecular flexibility index (Phi) is 3.87. The monoisotopic (exact) mass is 272 g/mol. The van der Waals surface area contributed by atoms with Crippen LogP contribution in [-0.4, -0.2) is 15.0 Å². The maximum atomic E-state index is 13.5.